The lowest BCUT2D eigenvalue weighted by atomic mass is 10.0. The molecule has 0 saturated carbocycles. The van der Waals surface area contributed by atoms with Gasteiger partial charge in [-0.15, -0.1) is 11.3 Å². The highest BCUT2D eigenvalue weighted by Crippen LogP contribution is 2.24. The first-order valence-corrected chi connectivity index (χ1v) is 7.89. The lowest BCUT2D eigenvalue weighted by Crippen LogP contribution is -2.35. The Morgan fingerprint density at radius 1 is 1.48 bits per heavy atom. The van der Waals surface area contributed by atoms with E-state index in [1.807, 2.05) is 36.6 Å². The molecule has 1 aromatic carbocycles. The van der Waals surface area contributed by atoms with Gasteiger partial charge in [0.1, 0.15) is 5.01 Å². The van der Waals surface area contributed by atoms with Crippen molar-refractivity contribution in [1.29, 1.82) is 0 Å². The van der Waals surface area contributed by atoms with Crippen LogP contribution in [0.1, 0.15) is 18.9 Å². The highest BCUT2D eigenvalue weighted by Gasteiger charge is 2.19. The van der Waals surface area contributed by atoms with Crippen molar-refractivity contribution in [2.75, 3.05) is 0 Å². The molecule has 21 heavy (non-hydrogen) atoms. The van der Waals surface area contributed by atoms with Crippen LogP contribution in [0.2, 0.25) is 5.02 Å². The molecule has 2 aromatic rings. The standard InChI is InChI=1S/C15H17ClN2O2S/c1-9(15(19)20)10(2)17-7-14-18-13(8-21-14)11-4-3-5-12(16)6-11/h3-6,8-10,17H,7H2,1-2H3,(H,19,20). The second kappa shape index (κ2) is 7.02. The molecular weight excluding hydrogens is 308 g/mol. The number of hydrogen-bond acceptors (Lipinski definition) is 4. The van der Waals surface area contributed by atoms with E-state index >= 15 is 0 Å². The normalized spacial score (nSPS) is 13.9. The van der Waals surface area contributed by atoms with Crippen molar-refractivity contribution in [3.63, 3.8) is 0 Å². The Hall–Kier alpha value is -1.43. The van der Waals surface area contributed by atoms with Crippen molar-refractivity contribution < 1.29 is 9.90 Å². The summed E-state index contributed by atoms with van der Waals surface area (Å²) in [7, 11) is 0. The fraction of sp³-hybridized carbons (Fsp3) is 0.333. The predicted molar refractivity (Wildman–Crippen MR) is 85.7 cm³/mol. The molecule has 0 spiro atoms. The number of halogens is 1. The topological polar surface area (TPSA) is 62.2 Å². The Morgan fingerprint density at radius 3 is 2.90 bits per heavy atom. The van der Waals surface area contributed by atoms with Gasteiger partial charge in [-0.3, -0.25) is 4.79 Å². The molecule has 4 nitrogen and oxygen atoms in total. The van der Waals surface area contributed by atoms with Crippen LogP contribution in [0.15, 0.2) is 29.6 Å². The summed E-state index contributed by atoms with van der Waals surface area (Å²) in [6.07, 6.45) is 0. The smallest absolute Gasteiger partial charge is 0.307 e. The molecule has 2 N–H and O–H groups in total. The number of aliphatic carboxylic acids is 1. The molecule has 112 valence electrons. The third-order valence-electron chi connectivity index (χ3n) is 3.39. The highest BCUT2D eigenvalue weighted by atomic mass is 35.5. The Bertz CT molecular complexity index is 630. The van der Waals surface area contributed by atoms with Crippen LogP contribution in [0.3, 0.4) is 0 Å². The molecule has 1 aromatic heterocycles. The van der Waals surface area contributed by atoms with Crippen molar-refractivity contribution >= 4 is 28.9 Å². The molecule has 0 radical (unpaired) electrons. The lowest BCUT2D eigenvalue weighted by molar-refractivity contribution is -0.141. The minimum atomic E-state index is -0.797. The number of carboxylic acids is 1. The van der Waals surface area contributed by atoms with E-state index in [2.05, 4.69) is 10.3 Å². The van der Waals surface area contributed by atoms with Gasteiger partial charge in [-0.05, 0) is 19.1 Å². The predicted octanol–water partition coefficient (Wildman–Crippen LogP) is 3.66. The zero-order chi connectivity index (χ0) is 15.4. The van der Waals surface area contributed by atoms with Gasteiger partial charge in [0.25, 0.3) is 0 Å². The number of carboxylic acid groups (broad SMARTS) is 1. The van der Waals surface area contributed by atoms with Crippen LogP contribution in [0.25, 0.3) is 11.3 Å². The summed E-state index contributed by atoms with van der Waals surface area (Å²) in [4.78, 5) is 15.5. The zero-order valence-electron chi connectivity index (χ0n) is 11.8. The fourth-order valence-electron chi connectivity index (χ4n) is 1.81. The molecule has 2 unspecified atom stereocenters. The minimum absolute atomic E-state index is 0.110. The molecular formula is C15H17ClN2O2S. The van der Waals surface area contributed by atoms with Gasteiger partial charge in [-0.2, -0.15) is 0 Å². The summed E-state index contributed by atoms with van der Waals surface area (Å²) in [5.41, 5.74) is 1.87. The van der Waals surface area contributed by atoms with E-state index < -0.39 is 11.9 Å². The van der Waals surface area contributed by atoms with Gasteiger partial charge in [-0.25, -0.2) is 4.98 Å². The largest absolute Gasteiger partial charge is 0.481 e. The first-order valence-electron chi connectivity index (χ1n) is 6.64. The Balaban J connectivity index is 1.99. The maximum absolute atomic E-state index is 10.9. The summed E-state index contributed by atoms with van der Waals surface area (Å²) in [6, 6.07) is 7.46. The van der Waals surface area contributed by atoms with Crippen molar-refractivity contribution in [2.24, 2.45) is 5.92 Å². The minimum Gasteiger partial charge on any atom is -0.481 e. The first kappa shape index (κ1) is 15.9. The van der Waals surface area contributed by atoms with Gasteiger partial charge in [0, 0.05) is 28.6 Å². The molecule has 0 aliphatic heterocycles. The maximum atomic E-state index is 10.9. The van der Waals surface area contributed by atoms with Crippen molar-refractivity contribution in [3.05, 3.63) is 39.7 Å². The van der Waals surface area contributed by atoms with Gasteiger partial charge < -0.3 is 10.4 Å². The second-order valence-electron chi connectivity index (χ2n) is 4.93. The van der Waals surface area contributed by atoms with Gasteiger partial charge in [0.2, 0.25) is 0 Å². The number of aromatic nitrogens is 1. The van der Waals surface area contributed by atoms with Gasteiger partial charge in [-0.1, -0.05) is 30.7 Å². The van der Waals surface area contributed by atoms with Crippen molar-refractivity contribution in [3.8, 4) is 11.3 Å². The SMILES string of the molecule is CC(NCc1nc(-c2cccc(Cl)c2)cs1)C(C)C(=O)O. The van der Waals surface area contributed by atoms with Crippen molar-refractivity contribution in [2.45, 2.75) is 26.4 Å². The number of nitrogens with one attached hydrogen (secondary N) is 1. The van der Waals surface area contributed by atoms with E-state index in [1.54, 1.807) is 18.3 Å². The van der Waals surface area contributed by atoms with Crippen LogP contribution in [0.5, 0.6) is 0 Å². The number of carbonyl (C=O) groups is 1. The van der Waals surface area contributed by atoms with E-state index in [9.17, 15) is 4.79 Å². The molecule has 0 aliphatic carbocycles. The molecule has 0 saturated heterocycles. The van der Waals surface area contributed by atoms with E-state index in [0.717, 1.165) is 16.3 Å². The van der Waals surface area contributed by atoms with Crippen LogP contribution < -0.4 is 5.32 Å². The first-order chi connectivity index (χ1) is 9.97. The number of nitrogens with zero attached hydrogens (tertiary/aromatic N) is 1. The van der Waals surface area contributed by atoms with E-state index in [0.29, 0.717) is 11.6 Å². The quantitative estimate of drug-likeness (QED) is 0.851. The number of hydrogen-bond donors (Lipinski definition) is 2. The summed E-state index contributed by atoms with van der Waals surface area (Å²) < 4.78 is 0. The third-order valence-corrected chi connectivity index (χ3v) is 4.47. The average molecular weight is 325 g/mol. The molecule has 0 fully saturated rings. The van der Waals surface area contributed by atoms with Crippen LogP contribution >= 0.6 is 22.9 Å². The average Bonchev–Trinajstić information content (AvgIpc) is 2.92. The third kappa shape index (κ3) is 4.27. The molecule has 2 atom stereocenters. The molecule has 0 aliphatic rings. The second-order valence-corrected chi connectivity index (χ2v) is 6.31. The van der Waals surface area contributed by atoms with Crippen molar-refractivity contribution in [1.82, 2.24) is 10.3 Å². The summed E-state index contributed by atoms with van der Waals surface area (Å²) in [6.45, 7) is 4.12. The monoisotopic (exact) mass is 324 g/mol. The number of benzene rings is 1. The van der Waals surface area contributed by atoms with Gasteiger partial charge >= 0.3 is 5.97 Å². The van der Waals surface area contributed by atoms with Crippen LogP contribution in [0, 0.1) is 5.92 Å². The molecule has 1 heterocycles. The lowest BCUT2D eigenvalue weighted by Gasteiger charge is -2.16. The van der Waals surface area contributed by atoms with Crippen LogP contribution in [0.4, 0.5) is 0 Å². The highest BCUT2D eigenvalue weighted by molar-refractivity contribution is 7.09. The Morgan fingerprint density at radius 2 is 2.24 bits per heavy atom. The van der Waals surface area contributed by atoms with E-state index in [1.165, 1.54) is 0 Å². The molecule has 0 bridgehead atoms. The number of rotatable bonds is 6. The van der Waals surface area contributed by atoms with E-state index in [4.69, 9.17) is 16.7 Å². The maximum Gasteiger partial charge on any atom is 0.307 e. The molecule has 0 amide bonds. The van der Waals surface area contributed by atoms with Crippen LogP contribution in [-0.2, 0) is 11.3 Å². The molecule has 2 rings (SSSR count). The molecule has 6 heteroatoms. The van der Waals surface area contributed by atoms with Crippen LogP contribution in [-0.4, -0.2) is 22.1 Å². The van der Waals surface area contributed by atoms with Gasteiger partial charge in [0.15, 0.2) is 0 Å². The Kier molecular flexibility index (Phi) is 5.33. The van der Waals surface area contributed by atoms with E-state index in [-0.39, 0.29) is 6.04 Å². The number of thiazole rings is 1. The van der Waals surface area contributed by atoms with Gasteiger partial charge in [0.05, 0.1) is 11.6 Å². The fourth-order valence-corrected chi connectivity index (χ4v) is 2.76. The Labute approximate surface area is 132 Å². The summed E-state index contributed by atoms with van der Waals surface area (Å²) in [5, 5.41) is 15.7. The summed E-state index contributed by atoms with van der Waals surface area (Å²) in [5.74, 6) is -1.23. The summed E-state index contributed by atoms with van der Waals surface area (Å²) >= 11 is 7.52. The zero-order valence-corrected chi connectivity index (χ0v) is 13.4.